The van der Waals surface area contributed by atoms with Crippen LogP contribution in [0.3, 0.4) is 0 Å². The Morgan fingerprint density at radius 3 is 2.37 bits per heavy atom. The molecule has 0 aliphatic rings. The summed E-state index contributed by atoms with van der Waals surface area (Å²) < 4.78 is 24.0. The Balaban J connectivity index is 1.85. The third-order valence-electron chi connectivity index (χ3n) is 4.61. The maximum Gasteiger partial charge on any atom is 0.251 e. The quantitative estimate of drug-likeness (QED) is 0.489. The number of amides is 1. The summed E-state index contributed by atoms with van der Waals surface area (Å²) >= 11 is 3.40. The highest BCUT2D eigenvalue weighted by Crippen LogP contribution is 2.25. The molecule has 0 saturated heterocycles. The molecular weight excluding hydrogens is 451 g/mol. The van der Waals surface area contributed by atoms with E-state index in [0.717, 1.165) is 16.7 Å². The molecule has 0 unspecified atom stereocenters. The Labute approximate surface area is 183 Å². The van der Waals surface area contributed by atoms with E-state index in [9.17, 15) is 9.18 Å². The van der Waals surface area contributed by atoms with Gasteiger partial charge in [-0.05, 0) is 60.5 Å². The third kappa shape index (κ3) is 5.16. The fourth-order valence-electron chi connectivity index (χ4n) is 3.09. The Bertz CT molecular complexity index is 1050. The van der Waals surface area contributed by atoms with Crippen molar-refractivity contribution in [1.82, 2.24) is 10.3 Å². The molecule has 0 radical (unpaired) electrons. The van der Waals surface area contributed by atoms with Crippen molar-refractivity contribution in [3.63, 3.8) is 0 Å². The minimum Gasteiger partial charge on any atom is -0.497 e. The van der Waals surface area contributed by atoms with Crippen LogP contribution >= 0.6 is 15.9 Å². The van der Waals surface area contributed by atoms with E-state index < -0.39 is 0 Å². The number of nitrogens with one attached hydrogen (secondary N) is 1. The van der Waals surface area contributed by atoms with Crippen LogP contribution in [0.1, 0.15) is 27.2 Å². The number of hydrogen-bond acceptors (Lipinski definition) is 4. The van der Waals surface area contributed by atoms with Crippen LogP contribution < -0.4 is 14.8 Å². The zero-order valence-corrected chi connectivity index (χ0v) is 18.5. The van der Waals surface area contributed by atoms with Crippen molar-refractivity contribution in [2.24, 2.45) is 0 Å². The van der Waals surface area contributed by atoms with E-state index in [1.807, 2.05) is 19.1 Å². The van der Waals surface area contributed by atoms with Crippen LogP contribution in [0, 0.1) is 12.7 Å². The lowest BCUT2D eigenvalue weighted by molar-refractivity contribution is 0.0950. The standard InChI is InChI=1S/C23H22BrFN2O3/c1-14-6-17(25)4-5-21(14)22-10-16(9-18(12-24)27-22)23(28)26-13-15-7-19(29-2)11-20(8-15)30-3/h4-11H,12-13H2,1-3H3,(H,26,28). The van der Waals surface area contributed by atoms with Crippen molar-refractivity contribution in [2.75, 3.05) is 14.2 Å². The summed E-state index contributed by atoms with van der Waals surface area (Å²) in [5.41, 5.74) is 4.20. The van der Waals surface area contributed by atoms with E-state index in [0.29, 0.717) is 40.3 Å². The lowest BCUT2D eigenvalue weighted by Gasteiger charge is -2.12. The van der Waals surface area contributed by atoms with Crippen LogP contribution in [0.4, 0.5) is 4.39 Å². The smallest absolute Gasteiger partial charge is 0.251 e. The van der Waals surface area contributed by atoms with Crippen molar-refractivity contribution >= 4 is 21.8 Å². The van der Waals surface area contributed by atoms with Gasteiger partial charge in [-0.25, -0.2) is 4.39 Å². The van der Waals surface area contributed by atoms with Gasteiger partial charge < -0.3 is 14.8 Å². The molecule has 1 heterocycles. The van der Waals surface area contributed by atoms with Gasteiger partial charge in [0.25, 0.3) is 5.91 Å². The summed E-state index contributed by atoms with van der Waals surface area (Å²) in [6.45, 7) is 2.13. The zero-order valence-electron chi connectivity index (χ0n) is 17.0. The number of carbonyl (C=O) groups excluding carboxylic acids is 1. The highest BCUT2D eigenvalue weighted by molar-refractivity contribution is 9.08. The number of ether oxygens (including phenoxy) is 2. The number of alkyl halides is 1. The van der Waals surface area contributed by atoms with Crippen molar-refractivity contribution in [3.05, 3.63) is 76.7 Å². The fourth-order valence-corrected chi connectivity index (χ4v) is 3.38. The molecule has 3 rings (SSSR count). The minimum atomic E-state index is -0.306. The molecule has 0 spiro atoms. The van der Waals surface area contributed by atoms with E-state index in [1.165, 1.54) is 12.1 Å². The summed E-state index contributed by atoms with van der Waals surface area (Å²) in [4.78, 5) is 17.4. The van der Waals surface area contributed by atoms with Crippen LogP contribution in [0.15, 0.2) is 48.5 Å². The molecule has 30 heavy (non-hydrogen) atoms. The molecule has 156 valence electrons. The van der Waals surface area contributed by atoms with Gasteiger partial charge in [0, 0.05) is 29.1 Å². The number of aromatic nitrogens is 1. The largest absolute Gasteiger partial charge is 0.497 e. The molecule has 0 aliphatic heterocycles. The number of carbonyl (C=O) groups is 1. The first-order valence-electron chi connectivity index (χ1n) is 9.27. The lowest BCUT2D eigenvalue weighted by atomic mass is 10.0. The van der Waals surface area contributed by atoms with Crippen LogP contribution in [-0.4, -0.2) is 25.1 Å². The number of aryl methyl sites for hydroxylation is 1. The second kappa shape index (κ2) is 9.71. The van der Waals surface area contributed by atoms with Gasteiger partial charge >= 0.3 is 0 Å². The second-order valence-electron chi connectivity index (χ2n) is 6.73. The summed E-state index contributed by atoms with van der Waals surface area (Å²) in [6.07, 6.45) is 0. The third-order valence-corrected chi connectivity index (χ3v) is 5.18. The van der Waals surface area contributed by atoms with Gasteiger partial charge in [0.15, 0.2) is 0 Å². The Hall–Kier alpha value is -2.93. The number of pyridine rings is 1. The first-order chi connectivity index (χ1) is 14.4. The molecule has 0 bridgehead atoms. The second-order valence-corrected chi connectivity index (χ2v) is 7.29. The SMILES string of the molecule is COc1cc(CNC(=O)c2cc(CBr)nc(-c3ccc(F)cc3C)c2)cc(OC)c1. The van der Waals surface area contributed by atoms with Crippen molar-refractivity contribution in [2.45, 2.75) is 18.8 Å². The van der Waals surface area contributed by atoms with Crippen molar-refractivity contribution < 1.29 is 18.7 Å². The molecule has 0 atom stereocenters. The van der Waals surface area contributed by atoms with Gasteiger partial charge in [0.2, 0.25) is 0 Å². The van der Waals surface area contributed by atoms with Crippen LogP contribution in [0.25, 0.3) is 11.3 Å². The molecule has 0 saturated carbocycles. The maximum atomic E-state index is 13.5. The molecule has 1 amide bonds. The van der Waals surface area contributed by atoms with E-state index in [-0.39, 0.29) is 11.7 Å². The van der Waals surface area contributed by atoms with Gasteiger partial charge in [0.05, 0.1) is 25.6 Å². The van der Waals surface area contributed by atoms with Crippen LogP contribution in [0.2, 0.25) is 0 Å². The van der Waals surface area contributed by atoms with E-state index >= 15 is 0 Å². The first kappa shape index (κ1) is 21.8. The highest BCUT2D eigenvalue weighted by atomic mass is 79.9. The molecule has 0 aliphatic carbocycles. The van der Waals surface area contributed by atoms with Gasteiger partial charge in [0.1, 0.15) is 17.3 Å². The predicted octanol–water partition coefficient (Wildman–Crippen LogP) is 5.04. The molecule has 1 N–H and O–H groups in total. The molecule has 1 aromatic heterocycles. The monoisotopic (exact) mass is 472 g/mol. The van der Waals surface area contributed by atoms with E-state index in [2.05, 4.69) is 26.2 Å². The normalized spacial score (nSPS) is 10.6. The average molecular weight is 473 g/mol. The first-order valence-corrected chi connectivity index (χ1v) is 10.4. The maximum absolute atomic E-state index is 13.5. The topological polar surface area (TPSA) is 60.5 Å². The van der Waals surface area contributed by atoms with Gasteiger partial charge in [-0.15, -0.1) is 0 Å². The Morgan fingerprint density at radius 1 is 1.07 bits per heavy atom. The summed E-state index contributed by atoms with van der Waals surface area (Å²) in [6, 6.07) is 13.4. The molecule has 3 aromatic rings. The Morgan fingerprint density at radius 2 is 1.77 bits per heavy atom. The summed E-state index contributed by atoms with van der Waals surface area (Å²) in [5, 5.41) is 3.41. The number of halogens is 2. The average Bonchev–Trinajstić information content (AvgIpc) is 2.76. The summed E-state index contributed by atoms with van der Waals surface area (Å²) in [5.74, 6) is 0.762. The van der Waals surface area contributed by atoms with Crippen LogP contribution in [0.5, 0.6) is 11.5 Å². The number of benzene rings is 2. The molecular formula is C23H22BrFN2O3. The Kier molecular flexibility index (Phi) is 7.05. The van der Waals surface area contributed by atoms with Gasteiger partial charge in [-0.1, -0.05) is 15.9 Å². The predicted molar refractivity (Wildman–Crippen MR) is 118 cm³/mol. The number of hydrogen-bond donors (Lipinski definition) is 1. The fraction of sp³-hybridized carbons (Fsp3) is 0.217. The van der Waals surface area contributed by atoms with Gasteiger partial charge in [-0.3, -0.25) is 9.78 Å². The molecule has 0 fully saturated rings. The molecule has 2 aromatic carbocycles. The van der Waals surface area contributed by atoms with Crippen LogP contribution in [-0.2, 0) is 11.9 Å². The summed E-state index contributed by atoms with van der Waals surface area (Å²) in [7, 11) is 3.16. The number of rotatable bonds is 7. The van der Waals surface area contributed by atoms with Crippen molar-refractivity contribution in [1.29, 1.82) is 0 Å². The molecule has 5 nitrogen and oxygen atoms in total. The lowest BCUT2D eigenvalue weighted by Crippen LogP contribution is -2.23. The van der Waals surface area contributed by atoms with Crippen molar-refractivity contribution in [3.8, 4) is 22.8 Å². The van der Waals surface area contributed by atoms with Gasteiger partial charge in [-0.2, -0.15) is 0 Å². The van der Waals surface area contributed by atoms with E-state index in [1.54, 1.807) is 38.5 Å². The highest BCUT2D eigenvalue weighted by Gasteiger charge is 2.13. The number of methoxy groups -OCH3 is 2. The zero-order chi connectivity index (χ0) is 21.7. The van der Waals surface area contributed by atoms with E-state index in [4.69, 9.17) is 9.47 Å². The molecule has 7 heteroatoms. The minimum absolute atomic E-state index is 0.234. The number of nitrogens with zero attached hydrogens (tertiary/aromatic N) is 1.